The largest absolute Gasteiger partial charge is 0.495 e. The molecule has 0 aliphatic rings. The Labute approximate surface area is 91.4 Å². The highest BCUT2D eigenvalue weighted by atomic mass is 79.9. The number of aryl methyl sites for hydroxylation is 2. The van der Waals surface area contributed by atoms with E-state index in [1.807, 2.05) is 6.07 Å². The van der Waals surface area contributed by atoms with Crippen LogP contribution in [-0.4, -0.2) is 12.1 Å². The van der Waals surface area contributed by atoms with E-state index in [1.165, 1.54) is 16.6 Å². The number of aromatic amines is 1. The van der Waals surface area contributed by atoms with E-state index in [9.17, 15) is 0 Å². The van der Waals surface area contributed by atoms with Crippen molar-refractivity contribution in [3.05, 3.63) is 27.9 Å². The number of rotatable bonds is 1. The Morgan fingerprint density at radius 2 is 2.00 bits per heavy atom. The lowest BCUT2D eigenvalue weighted by molar-refractivity contribution is 0.413. The first-order valence-electron chi connectivity index (χ1n) is 4.46. The highest BCUT2D eigenvalue weighted by Crippen LogP contribution is 2.32. The molecule has 1 aromatic heterocycles. The van der Waals surface area contributed by atoms with E-state index in [1.54, 1.807) is 7.11 Å². The van der Waals surface area contributed by atoms with Crippen molar-refractivity contribution in [1.29, 1.82) is 0 Å². The zero-order chi connectivity index (χ0) is 10.3. The first-order valence-corrected chi connectivity index (χ1v) is 5.25. The van der Waals surface area contributed by atoms with Gasteiger partial charge in [-0.3, -0.25) is 0 Å². The van der Waals surface area contributed by atoms with E-state index in [-0.39, 0.29) is 0 Å². The molecule has 1 heterocycles. The fraction of sp³-hybridized carbons (Fsp3) is 0.273. The molecule has 1 aromatic carbocycles. The number of methoxy groups -OCH3 is 1. The fourth-order valence-electron chi connectivity index (χ4n) is 1.62. The van der Waals surface area contributed by atoms with Crippen molar-refractivity contribution in [3.63, 3.8) is 0 Å². The molecule has 3 heteroatoms. The van der Waals surface area contributed by atoms with Crippen LogP contribution in [0.5, 0.6) is 5.75 Å². The summed E-state index contributed by atoms with van der Waals surface area (Å²) < 4.78 is 6.23. The fourth-order valence-corrected chi connectivity index (χ4v) is 2.13. The molecule has 14 heavy (non-hydrogen) atoms. The Balaban J connectivity index is 2.79. The predicted octanol–water partition coefficient (Wildman–Crippen LogP) is 3.56. The van der Waals surface area contributed by atoms with Crippen molar-refractivity contribution < 1.29 is 4.74 Å². The molecule has 1 N–H and O–H groups in total. The first kappa shape index (κ1) is 9.59. The lowest BCUT2D eigenvalue weighted by Gasteiger charge is -2.02. The van der Waals surface area contributed by atoms with Gasteiger partial charge in [-0.05, 0) is 41.4 Å². The van der Waals surface area contributed by atoms with Crippen LogP contribution < -0.4 is 4.74 Å². The SMILES string of the molecule is COc1cc2[nH]c(C)c(C)c2cc1Br. The molecular formula is C11H12BrNO. The van der Waals surface area contributed by atoms with Crippen LogP contribution in [0, 0.1) is 13.8 Å². The Morgan fingerprint density at radius 3 is 2.64 bits per heavy atom. The van der Waals surface area contributed by atoms with E-state index >= 15 is 0 Å². The molecule has 0 fully saturated rings. The summed E-state index contributed by atoms with van der Waals surface area (Å²) in [5.74, 6) is 0.860. The van der Waals surface area contributed by atoms with Crippen LogP contribution >= 0.6 is 15.9 Å². The van der Waals surface area contributed by atoms with Crippen molar-refractivity contribution in [1.82, 2.24) is 4.98 Å². The number of fused-ring (bicyclic) bond motifs is 1. The van der Waals surface area contributed by atoms with Crippen LogP contribution in [0.1, 0.15) is 11.3 Å². The number of ether oxygens (including phenoxy) is 1. The van der Waals surface area contributed by atoms with Crippen molar-refractivity contribution in [2.24, 2.45) is 0 Å². The molecule has 2 nitrogen and oxygen atoms in total. The maximum Gasteiger partial charge on any atom is 0.135 e. The number of hydrogen-bond acceptors (Lipinski definition) is 1. The zero-order valence-corrected chi connectivity index (χ0v) is 10.0. The molecule has 0 bridgehead atoms. The maximum atomic E-state index is 5.24. The average Bonchev–Trinajstić information content (AvgIpc) is 2.43. The van der Waals surface area contributed by atoms with Crippen molar-refractivity contribution >= 4 is 26.8 Å². The Bertz CT molecular complexity index is 487. The smallest absolute Gasteiger partial charge is 0.135 e. The van der Waals surface area contributed by atoms with Gasteiger partial charge in [-0.1, -0.05) is 0 Å². The summed E-state index contributed by atoms with van der Waals surface area (Å²) >= 11 is 3.48. The minimum atomic E-state index is 0.860. The van der Waals surface area contributed by atoms with Gasteiger partial charge < -0.3 is 9.72 Å². The van der Waals surface area contributed by atoms with Gasteiger partial charge in [-0.2, -0.15) is 0 Å². The number of H-pyrrole nitrogens is 1. The molecule has 0 atom stereocenters. The van der Waals surface area contributed by atoms with Crippen LogP contribution in [0.2, 0.25) is 0 Å². The third-order valence-electron chi connectivity index (χ3n) is 2.58. The summed E-state index contributed by atoms with van der Waals surface area (Å²) in [6.07, 6.45) is 0. The molecule has 0 spiro atoms. The van der Waals surface area contributed by atoms with Gasteiger partial charge in [0.15, 0.2) is 0 Å². The summed E-state index contributed by atoms with van der Waals surface area (Å²) in [6.45, 7) is 4.20. The molecule has 74 valence electrons. The van der Waals surface area contributed by atoms with E-state index in [4.69, 9.17) is 4.74 Å². The topological polar surface area (TPSA) is 25.0 Å². The number of halogens is 1. The molecule has 0 saturated carbocycles. The highest BCUT2D eigenvalue weighted by Gasteiger charge is 2.08. The van der Waals surface area contributed by atoms with Crippen molar-refractivity contribution in [2.45, 2.75) is 13.8 Å². The van der Waals surface area contributed by atoms with Crippen molar-refractivity contribution in [3.8, 4) is 5.75 Å². The van der Waals surface area contributed by atoms with Gasteiger partial charge in [-0.25, -0.2) is 0 Å². The summed E-state index contributed by atoms with van der Waals surface area (Å²) in [4.78, 5) is 3.33. The minimum Gasteiger partial charge on any atom is -0.495 e. The van der Waals surface area contributed by atoms with Crippen LogP contribution in [0.25, 0.3) is 10.9 Å². The molecule has 2 aromatic rings. The molecule has 0 radical (unpaired) electrons. The van der Waals surface area contributed by atoms with E-state index in [0.717, 1.165) is 15.7 Å². The normalized spacial score (nSPS) is 10.9. The van der Waals surface area contributed by atoms with Gasteiger partial charge in [0.25, 0.3) is 0 Å². The Kier molecular flexibility index (Phi) is 2.27. The maximum absolute atomic E-state index is 5.24. The molecule has 0 aliphatic heterocycles. The molecule has 0 amide bonds. The zero-order valence-electron chi connectivity index (χ0n) is 8.44. The van der Waals surface area contributed by atoms with Crippen molar-refractivity contribution in [2.75, 3.05) is 7.11 Å². The summed E-state index contributed by atoms with van der Waals surface area (Å²) in [7, 11) is 1.68. The number of nitrogens with one attached hydrogen (secondary N) is 1. The Morgan fingerprint density at radius 1 is 1.29 bits per heavy atom. The number of aromatic nitrogens is 1. The second kappa shape index (κ2) is 3.31. The van der Waals surface area contributed by atoms with Crippen LogP contribution in [-0.2, 0) is 0 Å². The van der Waals surface area contributed by atoms with Gasteiger partial charge in [0.1, 0.15) is 5.75 Å². The standard InChI is InChI=1S/C11H12BrNO/c1-6-7(2)13-10-5-11(14-3)9(12)4-8(6)10/h4-5,13H,1-3H3. The second-order valence-electron chi connectivity index (χ2n) is 3.41. The monoisotopic (exact) mass is 253 g/mol. The lowest BCUT2D eigenvalue weighted by Crippen LogP contribution is -1.84. The third-order valence-corrected chi connectivity index (χ3v) is 3.20. The summed E-state index contributed by atoms with van der Waals surface area (Å²) in [5, 5.41) is 1.25. The number of hydrogen-bond donors (Lipinski definition) is 1. The van der Waals surface area contributed by atoms with Crippen LogP contribution in [0.3, 0.4) is 0 Å². The minimum absolute atomic E-state index is 0.860. The lowest BCUT2D eigenvalue weighted by atomic mass is 10.1. The average molecular weight is 254 g/mol. The van der Waals surface area contributed by atoms with E-state index in [0.29, 0.717) is 0 Å². The first-order chi connectivity index (χ1) is 6.63. The van der Waals surface area contributed by atoms with E-state index in [2.05, 4.69) is 40.8 Å². The third kappa shape index (κ3) is 1.32. The molecule has 0 unspecified atom stereocenters. The van der Waals surface area contributed by atoms with Crippen LogP contribution in [0.15, 0.2) is 16.6 Å². The summed E-state index contributed by atoms with van der Waals surface area (Å²) in [5.41, 5.74) is 3.63. The second-order valence-corrected chi connectivity index (χ2v) is 4.26. The van der Waals surface area contributed by atoms with E-state index < -0.39 is 0 Å². The Hall–Kier alpha value is -0.960. The van der Waals surface area contributed by atoms with Gasteiger partial charge in [0.05, 0.1) is 11.6 Å². The molecule has 0 aliphatic carbocycles. The van der Waals surface area contributed by atoms with Gasteiger partial charge in [0, 0.05) is 22.7 Å². The number of benzene rings is 1. The molecule has 2 rings (SSSR count). The highest BCUT2D eigenvalue weighted by molar-refractivity contribution is 9.10. The van der Waals surface area contributed by atoms with Crippen LogP contribution in [0.4, 0.5) is 0 Å². The van der Waals surface area contributed by atoms with Gasteiger partial charge in [0.2, 0.25) is 0 Å². The molecular weight excluding hydrogens is 242 g/mol. The van der Waals surface area contributed by atoms with Gasteiger partial charge >= 0.3 is 0 Å². The van der Waals surface area contributed by atoms with Gasteiger partial charge in [-0.15, -0.1) is 0 Å². The molecule has 0 saturated heterocycles. The predicted molar refractivity (Wildman–Crippen MR) is 62.0 cm³/mol. The quantitative estimate of drug-likeness (QED) is 0.826. The summed E-state index contributed by atoms with van der Waals surface area (Å²) in [6, 6.07) is 4.10.